The molecule has 0 fully saturated rings. The summed E-state index contributed by atoms with van der Waals surface area (Å²) in [6, 6.07) is 3.87. The van der Waals surface area contributed by atoms with Crippen molar-refractivity contribution in [2.45, 2.75) is 40.5 Å². The molecule has 0 aromatic heterocycles. The normalized spacial score (nSPS) is 12.2. The van der Waals surface area contributed by atoms with Crippen molar-refractivity contribution in [2.75, 3.05) is 19.1 Å². The number of rotatable bonds is 7. The van der Waals surface area contributed by atoms with Crippen LogP contribution < -0.4 is 0 Å². The van der Waals surface area contributed by atoms with Gasteiger partial charge in [0.1, 0.15) is 0 Å². The standard InChI is InChI=1S/C19H27NO4S/c1-7-15-9-13(3)10-16(8-2)17(15)18(21)19(22)20(5)11-14(4)12-25(6,23)24/h9-11H,7-8,12H2,1-6H3. The summed E-state index contributed by atoms with van der Waals surface area (Å²) in [5, 5.41) is 0. The molecule has 0 saturated heterocycles. The Balaban J connectivity index is 3.19. The maximum Gasteiger partial charge on any atom is 0.298 e. The summed E-state index contributed by atoms with van der Waals surface area (Å²) in [5.41, 5.74) is 3.76. The van der Waals surface area contributed by atoms with Crippen LogP contribution in [0.2, 0.25) is 0 Å². The minimum atomic E-state index is -3.18. The zero-order valence-corrected chi connectivity index (χ0v) is 16.7. The van der Waals surface area contributed by atoms with Crippen molar-refractivity contribution < 1.29 is 18.0 Å². The smallest absolute Gasteiger partial charge is 0.298 e. The quantitative estimate of drug-likeness (QED) is 0.550. The van der Waals surface area contributed by atoms with Gasteiger partial charge in [-0.3, -0.25) is 9.59 Å². The van der Waals surface area contributed by atoms with Crippen molar-refractivity contribution in [2.24, 2.45) is 0 Å². The fourth-order valence-electron chi connectivity index (χ4n) is 2.90. The van der Waals surface area contributed by atoms with Crippen molar-refractivity contribution in [1.82, 2.24) is 4.90 Å². The Morgan fingerprint density at radius 1 is 1.12 bits per heavy atom. The molecule has 0 saturated carbocycles. The Morgan fingerprint density at radius 3 is 2.00 bits per heavy atom. The van der Waals surface area contributed by atoms with Gasteiger partial charge in [-0.05, 0) is 43.4 Å². The van der Waals surface area contributed by atoms with Gasteiger partial charge in [0.25, 0.3) is 11.7 Å². The fraction of sp³-hybridized carbons (Fsp3) is 0.474. The molecule has 5 nitrogen and oxygen atoms in total. The first kappa shape index (κ1) is 21.1. The molecule has 1 rings (SSSR count). The maximum atomic E-state index is 12.8. The summed E-state index contributed by atoms with van der Waals surface area (Å²) in [6.07, 6.45) is 3.86. The Morgan fingerprint density at radius 2 is 1.60 bits per heavy atom. The molecule has 0 aliphatic heterocycles. The lowest BCUT2D eigenvalue weighted by molar-refractivity contribution is -0.123. The van der Waals surface area contributed by atoms with E-state index in [9.17, 15) is 18.0 Å². The second-order valence-corrected chi connectivity index (χ2v) is 8.60. The lowest BCUT2D eigenvalue weighted by atomic mass is 9.92. The van der Waals surface area contributed by atoms with E-state index in [0.717, 1.165) is 22.9 Å². The zero-order chi connectivity index (χ0) is 19.4. The molecule has 0 unspecified atom stereocenters. The van der Waals surface area contributed by atoms with E-state index in [2.05, 4.69) is 0 Å². The van der Waals surface area contributed by atoms with E-state index in [0.29, 0.717) is 24.0 Å². The number of carbonyl (C=O) groups is 2. The number of Topliss-reactive ketones (excluding diaryl/α,β-unsaturated/α-hetero) is 1. The molecule has 0 spiro atoms. The third-order valence-corrected chi connectivity index (χ3v) is 4.83. The summed E-state index contributed by atoms with van der Waals surface area (Å²) in [7, 11) is -1.71. The van der Waals surface area contributed by atoms with Gasteiger partial charge in [-0.15, -0.1) is 0 Å². The van der Waals surface area contributed by atoms with Crippen LogP contribution in [0.15, 0.2) is 23.9 Å². The number of sulfone groups is 1. The average Bonchev–Trinajstić information content (AvgIpc) is 2.50. The summed E-state index contributed by atoms with van der Waals surface area (Å²) in [4.78, 5) is 26.5. The van der Waals surface area contributed by atoms with Gasteiger partial charge in [-0.2, -0.15) is 0 Å². The number of carbonyl (C=O) groups excluding carboxylic acids is 2. The zero-order valence-electron chi connectivity index (χ0n) is 15.8. The van der Waals surface area contributed by atoms with Gasteiger partial charge in [-0.25, -0.2) is 8.42 Å². The van der Waals surface area contributed by atoms with E-state index < -0.39 is 21.5 Å². The molecule has 0 heterocycles. The van der Waals surface area contributed by atoms with Crippen LogP contribution in [0.1, 0.15) is 47.8 Å². The second kappa shape index (κ2) is 8.43. The highest BCUT2D eigenvalue weighted by Gasteiger charge is 2.24. The predicted molar refractivity (Wildman–Crippen MR) is 101 cm³/mol. The largest absolute Gasteiger partial charge is 0.315 e. The monoisotopic (exact) mass is 365 g/mol. The van der Waals surface area contributed by atoms with Crippen LogP contribution in [-0.2, 0) is 27.5 Å². The summed E-state index contributed by atoms with van der Waals surface area (Å²) in [6.45, 7) is 7.50. The van der Waals surface area contributed by atoms with Gasteiger partial charge in [0.05, 0.1) is 5.75 Å². The maximum absolute atomic E-state index is 12.8. The van der Waals surface area contributed by atoms with Gasteiger partial charge in [0.2, 0.25) is 0 Å². The fourth-order valence-corrected chi connectivity index (χ4v) is 3.80. The number of amides is 1. The molecule has 25 heavy (non-hydrogen) atoms. The Labute approximate surface area is 150 Å². The molecular formula is C19H27NO4S. The molecule has 6 heteroatoms. The van der Waals surface area contributed by atoms with Crippen molar-refractivity contribution in [3.05, 3.63) is 46.2 Å². The van der Waals surface area contributed by atoms with Crippen molar-refractivity contribution in [3.8, 4) is 0 Å². The first-order chi connectivity index (χ1) is 11.5. The molecule has 138 valence electrons. The molecule has 1 aromatic carbocycles. The van der Waals surface area contributed by atoms with Crippen LogP contribution in [0.25, 0.3) is 0 Å². The molecule has 1 aromatic rings. The number of aryl methyl sites for hydroxylation is 3. The molecule has 1 amide bonds. The highest BCUT2D eigenvalue weighted by molar-refractivity contribution is 7.90. The van der Waals surface area contributed by atoms with Crippen molar-refractivity contribution in [3.63, 3.8) is 0 Å². The topological polar surface area (TPSA) is 71.5 Å². The first-order valence-corrected chi connectivity index (χ1v) is 10.3. The first-order valence-electron chi connectivity index (χ1n) is 8.29. The molecule has 0 bridgehead atoms. The molecular weight excluding hydrogens is 338 g/mol. The van der Waals surface area contributed by atoms with Gasteiger partial charge >= 0.3 is 0 Å². The summed E-state index contributed by atoms with van der Waals surface area (Å²) in [5.74, 6) is -1.37. The van der Waals surface area contributed by atoms with E-state index in [4.69, 9.17) is 0 Å². The summed E-state index contributed by atoms with van der Waals surface area (Å²) >= 11 is 0. The Kier molecular flexibility index (Phi) is 7.11. The highest BCUT2D eigenvalue weighted by Crippen LogP contribution is 2.21. The third-order valence-electron chi connectivity index (χ3n) is 3.85. The van der Waals surface area contributed by atoms with Crippen LogP contribution in [-0.4, -0.2) is 44.1 Å². The van der Waals surface area contributed by atoms with Crippen LogP contribution in [0.4, 0.5) is 0 Å². The van der Waals surface area contributed by atoms with Crippen LogP contribution >= 0.6 is 0 Å². The van der Waals surface area contributed by atoms with Crippen molar-refractivity contribution in [1.29, 1.82) is 0 Å². The number of hydrogen-bond acceptors (Lipinski definition) is 4. The minimum Gasteiger partial charge on any atom is -0.315 e. The average molecular weight is 365 g/mol. The molecule has 0 aliphatic rings. The van der Waals surface area contributed by atoms with Gasteiger partial charge in [-0.1, -0.05) is 31.5 Å². The van der Waals surface area contributed by atoms with E-state index >= 15 is 0 Å². The van der Waals surface area contributed by atoms with Gasteiger partial charge < -0.3 is 4.90 Å². The van der Waals surface area contributed by atoms with E-state index in [1.807, 2.05) is 32.9 Å². The number of ketones is 1. The van der Waals surface area contributed by atoms with E-state index in [-0.39, 0.29) is 5.75 Å². The number of likely N-dealkylation sites (N-methyl/N-ethyl adjacent to an activating group) is 1. The third kappa shape index (κ3) is 5.81. The van der Waals surface area contributed by atoms with Crippen molar-refractivity contribution >= 4 is 21.5 Å². The Hall–Kier alpha value is -1.95. The van der Waals surface area contributed by atoms with Crippen LogP contribution in [0.3, 0.4) is 0 Å². The highest BCUT2D eigenvalue weighted by atomic mass is 32.2. The van der Waals surface area contributed by atoms with Gasteiger partial charge in [0, 0.05) is 25.1 Å². The van der Waals surface area contributed by atoms with Crippen LogP contribution in [0, 0.1) is 6.92 Å². The molecule has 0 atom stereocenters. The molecule has 0 aliphatic carbocycles. The molecule has 0 radical (unpaired) electrons. The van der Waals surface area contributed by atoms with E-state index in [1.165, 1.54) is 18.1 Å². The number of nitrogens with zero attached hydrogens (tertiary/aromatic N) is 1. The predicted octanol–water partition coefficient (Wildman–Crippen LogP) is 2.71. The Bertz CT molecular complexity index is 782. The minimum absolute atomic E-state index is 0.149. The SMILES string of the molecule is CCc1cc(C)cc(CC)c1C(=O)C(=O)N(C)C=C(C)CS(C)(=O)=O. The summed E-state index contributed by atoms with van der Waals surface area (Å²) < 4.78 is 22.7. The second-order valence-electron chi connectivity index (χ2n) is 6.46. The number of hydrogen-bond donors (Lipinski definition) is 0. The molecule has 0 N–H and O–H groups in total. The van der Waals surface area contributed by atoms with Crippen LogP contribution in [0.5, 0.6) is 0 Å². The van der Waals surface area contributed by atoms with Gasteiger partial charge in [0.15, 0.2) is 9.84 Å². The lowest BCUT2D eigenvalue weighted by Gasteiger charge is -2.17. The lowest BCUT2D eigenvalue weighted by Crippen LogP contribution is -2.31. The van der Waals surface area contributed by atoms with E-state index in [1.54, 1.807) is 6.92 Å². The number of benzene rings is 1.